The van der Waals surface area contributed by atoms with E-state index in [1.54, 1.807) is 22.4 Å². The van der Waals surface area contributed by atoms with Crippen LogP contribution < -0.4 is 14.9 Å². The molecule has 0 saturated carbocycles. The number of carbonyl (C=O) groups excluding carboxylic acids is 1. The number of thiazole rings is 1. The maximum Gasteiger partial charge on any atom is 0.338 e. The van der Waals surface area contributed by atoms with E-state index in [0.29, 0.717) is 20.6 Å². The molecule has 2 aromatic heterocycles. The van der Waals surface area contributed by atoms with Crippen molar-refractivity contribution in [2.24, 2.45) is 12.0 Å². The van der Waals surface area contributed by atoms with E-state index < -0.39 is 12.0 Å². The van der Waals surface area contributed by atoms with Gasteiger partial charge in [-0.2, -0.15) is 5.10 Å². The zero-order valence-corrected chi connectivity index (χ0v) is 17.4. The van der Waals surface area contributed by atoms with Gasteiger partial charge in [0, 0.05) is 18.3 Å². The van der Waals surface area contributed by atoms with Crippen molar-refractivity contribution in [3.63, 3.8) is 0 Å². The summed E-state index contributed by atoms with van der Waals surface area (Å²) in [5, 5.41) is 4.23. The Hall–Kier alpha value is -3.26. The summed E-state index contributed by atoms with van der Waals surface area (Å²) in [6.07, 6.45) is 3.55. The second-order valence-electron chi connectivity index (χ2n) is 6.79. The number of nitrogens with zero attached hydrogens (tertiary/aromatic N) is 4. The van der Waals surface area contributed by atoms with Crippen LogP contribution in [0.2, 0.25) is 0 Å². The van der Waals surface area contributed by atoms with Gasteiger partial charge >= 0.3 is 5.97 Å². The smallest absolute Gasteiger partial charge is 0.338 e. The summed E-state index contributed by atoms with van der Waals surface area (Å²) in [7, 11) is 3.19. The van der Waals surface area contributed by atoms with E-state index in [-0.39, 0.29) is 5.56 Å². The first-order valence-electron chi connectivity index (χ1n) is 9.06. The number of hydrogen-bond acceptors (Lipinski definition) is 6. The second-order valence-corrected chi connectivity index (χ2v) is 7.80. The Morgan fingerprint density at radius 3 is 2.59 bits per heavy atom. The third-order valence-corrected chi connectivity index (χ3v) is 6.09. The molecule has 148 valence electrons. The number of carbonyl (C=O) groups is 1. The number of aromatic nitrogens is 3. The fourth-order valence-electron chi connectivity index (χ4n) is 3.44. The molecule has 1 aromatic carbocycles. The molecule has 0 radical (unpaired) electrons. The number of aryl methyl sites for hydroxylation is 1. The predicted molar refractivity (Wildman–Crippen MR) is 110 cm³/mol. The minimum absolute atomic E-state index is 0.195. The van der Waals surface area contributed by atoms with Gasteiger partial charge in [0.15, 0.2) is 4.80 Å². The minimum atomic E-state index is -0.586. The number of fused-ring (bicyclic) bond motifs is 1. The summed E-state index contributed by atoms with van der Waals surface area (Å²) in [4.78, 5) is 31.0. The molecule has 1 aliphatic rings. The van der Waals surface area contributed by atoms with E-state index in [2.05, 4.69) is 10.1 Å². The highest BCUT2D eigenvalue weighted by atomic mass is 32.1. The van der Waals surface area contributed by atoms with Crippen LogP contribution in [0.3, 0.4) is 0 Å². The molecule has 0 N–H and O–H groups in total. The highest BCUT2D eigenvalue weighted by Gasteiger charge is 2.32. The number of hydrogen-bond donors (Lipinski definition) is 0. The van der Waals surface area contributed by atoms with Crippen molar-refractivity contribution in [1.29, 1.82) is 0 Å². The first-order chi connectivity index (χ1) is 13.9. The van der Waals surface area contributed by atoms with Gasteiger partial charge in [0.2, 0.25) is 0 Å². The number of allylic oxidation sites excluding steroid dienone is 1. The Morgan fingerprint density at radius 2 is 1.97 bits per heavy atom. The molecule has 3 heterocycles. The first kappa shape index (κ1) is 19.1. The molecule has 0 amide bonds. The SMILES string of the molecule is COC(=O)C1=C(C)N=c2s/c(=C\c3cnn(C)c3C)c(=O)n2C1c1ccccc1. The van der Waals surface area contributed by atoms with E-state index in [0.717, 1.165) is 16.8 Å². The van der Waals surface area contributed by atoms with Gasteiger partial charge in [-0.1, -0.05) is 41.7 Å². The standard InChI is InChI=1S/C21H20N4O3S/c1-12-17(20(27)28-4)18(14-8-6-5-7-9-14)25-19(26)16(29-21(25)23-12)10-15-11-22-24(3)13(15)2/h5-11,18H,1-4H3/b16-10-. The average molecular weight is 408 g/mol. The second kappa shape index (κ2) is 7.29. The Morgan fingerprint density at radius 1 is 1.24 bits per heavy atom. The molecule has 1 aliphatic heterocycles. The van der Waals surface area contributed by atoms with Gasteiger partial charge < -0.3 is 4.74 Å². The van der Waals surface area contributed by atoms with E-state index in [4.69, 9.17) is 4.74 Å². The Balaban J connectivity index is 2.00. The van der Waals surface area contributed by atoms with E-state index in [1.165, 1.54) is 18.4 Å². The highest BCUT2D eigenvalue weighted by molar-refractivity contribution is 7.07. The third kappa shape index (κ3) is 3.15. The molecule has 4 rings (SSSR count). The van der Waals surface area contributed by atoms with Crippen LogP contribution in [0, 0.1) is 6.92 Å². The fraction of sp³-hybridized carbons (Fsp3) is 0.238. The molecule has 0 aliphatic carbocycles. The van der Waals surface area contributed by atoms with Crippen LogP contribution in [0.5, 0.6) is 0 Å². The Kier molecular flexibility index (Phi) is 4.79. The average Bonchev–Trinajstić information content (AvgIpc) is 3.20. The predicted octanol–water partition coefficient (Wildman–Crippen LogP) is 1.45. The molecular weight excluding hydrogens is 388 g/mol. The largest absolute Gasteiger partial charge is 0.466 e. The zero-order valence-electron chi connectivity index (χ0n) is 16.5. The summed E-state index contributed by atoms with van der Waals surface area (Å²) in [5.41, 5.74) is 3.39. The molecular formula is C21H20N4O3S. The van der Waals surface area contributed by atoms with Crippen molar-refractivity contribution >= 4 is 23.4 Å². The van der Waals surface area contributed by atoms with E-state index in [9.17, 15) is 9.59 Å². The Labute approximate surface area is 170 Å². The topological polar surface area (TPSA) is 78.5 Å². The third-order valence-electron chi connectivity index (χ3n) is 5.10. The van der Waals surface area contributed by atoms with Crippen molar-refractivity contribution in [2.75, 3.05) is 7.11 Å². The van der Waals surface area contributed by atoms with Crippen molar-refractivity contribution < 1.29 is 9.53 Å². The van der Waals surface area contributed by atoms with Crippen LogP contribution in [0.15, 0.2) is 57.6 Å². The monoisotopic (exact) mass is 408 g/mol. The normalized spacial score (nSPS) is 16.6. The van der Waals surface area contributed by atoms with Gasteiger partial charge in [-0.3, -0.25) is 14.0 Å². The number of ether oxygens (including phenoxy) is 1. The molecule has 0 bridgehead atoms. The van der Waals surface area contributed by atoms with Crippen molar-refractivity contribution in [1.82, 2.24) is 14.3 Å². The lowest BCUT2D eigenvalue weighted by Gasteiger charge is -2.24. The van der Waals surface area contributed by atoms with Crippen LogP contribution in [-0.2, 0) is 16.6 Å². The molecule has 1 atom stereocenters. The van der Waals surface area contributed by atoms with Gasteiger partial charge in [0.25, 0.3) is 5.56 Å². The van der Waals surface area contributed by atoms with Gasteiger partial charge in [-0.05, 0) is 25.5 Å². The number of rotatable bonds is 3. The van der Waals surface area contributed by atoms with Crippen molar-refractivity contribution in [2.45, 2.75) is 19.9 Å². The lowest BCUT2D eigenvalue weighted by molar-refractivity contribution is -0.136. The first-order valence-corrected chi connectivity index (χ1v) is 9.88. The quantitative estimate of drug-likeness (QED) is 0.615. The van der Waals surface area contributed by atoms with Crippen LogP contribution in [-0.4, -0.2) is 27.4 Å². The summed E-state index contributed by atoms with van der Waals surface area (Å²) in [6, 6.07) is 8.87. The van der Waals surface area contributed by atoms with Crippen molar-refractivity contribution in [3.05, 3.63) is 84.3 Å². The van der Waals surface area contributed by atoms with E-state index in [1.807, 2.05) is 50.4 Å². The van der Waals surface area contributed by atoms with Crippen LogP contribution >= 0.6 is 11.3 Å². The zero-order chi connectivity index (χ0) is 20.7. The van der Waals surface area contributed by atoms with Crippen LogP contribution in [0.25, 0.3) is 6.08 Å². The molecule has 0 spiro atoms. The summed E-state index contributed by atoms with van der Waals surface area (Å²) < 4.78 is 8.88. The highest BCUT2D eigenvalue weighted by Crippen LogP contribution is 2.30. The maximum absolute atomic E-state index is 13.4. The number of methoxy groups -OCH3 is 1. The summed E-state index contributed by atoms with van der Waals surface area (Å²) in [5.74, 6) is -0.488. The van der Waals surface area contributed by atoms with Gasteiger partial charge in [0.1, 0.15) is 0 Å². The lowest BCUT2D eigenvalue weighted by atomic mass is 9.96. The van der Waals surface area contributed by atoms with Gasteiger partial charge in [0.05, 0.1) is 35.2 Å². The molecule has 29 heavy (non-hydrogen) atoms. The molecule has 0 fully saturated rings. The lowest BCUT2D eigenvalue weighted by Crippen LogP contribution is -2.39. The number of esters is 1. The minimum Gasteiger partial charge on any atom is -0.466 e. The molecule has 8 heteroatoms. The van der Waals surface area contributed by atoms with Gasteiger partial charge in [-0.25, -0.2) is 9.79 Å². The summed E-state index contributed by atoms with van der Waals surface area (Å²) in [6.45, 7) is 3.72. The molecule has 1 unspecified atom stereocenters. The van der Waals surface area contributed by atoms with Crippen molar-refractivity contribution in [3.8, 4) is 0 Å². The summed E-state index contributed by atoms with van der Waals surface area (Å²) >= 11 is 1.30. The number of benzene rings is 1. The van der Waals surface area contributed by atoms with Crippen LogP contribution in [0.1, 0.15) is 29.8 Å². The maximum atomic E-state index is 13.4. The fourth-order valence-corrected chi connectivity index (χ4v) is 4.48. The van der Waals surface area contributed by atoms with Crippen LogP contribution in [0.4, 0.5) is 0 Å². The Bertz CT molecular complexity index is 1310. The molecule has 3 aromatic rings. The van der Waals surface area contributed by atoms with Gasteiger partial charge in [-0.15, -0.1) is 0 Å². The molecule has 7 nitrogen and oxygen atoms in total. The van der Waals surface area contributed by atoms with E-state index >= 15 is 0 Å². The molecule has 0 saturated heterocycles.